The molecule has 1 heterocycles. The van der Waals surface area contributed by atoms with E-state index in [9.17, 15) is 4.79 Å². The van der Waals surface area contributed by atoms with Crippen molar-refractivity contribution in [3.05, 3.63) is 21.9 Å². The van der Waals surface area contributed by atoms with Gasteiger partial charge in [0.1, 0.15) is 6.61 Å². The third-order valence-corrected chi connectivity index (χ3v) is 4.51. The highest BCUT2D eigenvalue weighted by molar-refractivity contribution is 7.10. The van der Waals surface area contributed by atoms with Crippen LogP contribution < -0.4 is 5.32 Å². The van der Waals surface area contributed by atoms with Crippen LogP contribution in [0.2, 0.25) is 0 Å². The normalized spacial score (nSPS) is 25.6. The third-order valence-electron chi connectivity index (χ3n) is 3.67. The van der Waals surface area contributed by atoms with Crippen LogP contribution in [0.5, 0.6) is 0 Å². The number of carbonyl (C=O) groups excluding carboxylic acids is 1. The lowest BCUT2D eigenvalue weighted by atomic mass is 9.80. The molecule has 4 heteroatoms. The number of hydrogen-bond donors (Lipinski definition) is 2. The van der Waals surface area contributed by atoms with Gasteiger partial charge in [-0.15, -0.1) is 11.3 Å². The Morgan fingerprint density at radius 2 is 2.10 bits per heavy atom. The van der Waals surface area contributed by atoms with E-state index in [1.807, 2.05) is 5.38 Å². The second-order valence-corrected chi connectivity index (χ2v) is 6.66. The summed E-state index contributed by atoms with van der Waals surface area (Å²) in [4.78, 5) is 13.0. The molecular weight excluding hydrogens is 270 g/mol. The zero-order valence-electron chi connectivity index (χ0n) is 12.0. The summed E-state index contributed by atoms with van der Waals surface area (Å²) in [6.45, 7) is 4.35. The van der Waals surface area contributed by atoms with Crippen LogP contribution in [0.25, 0.3) is 0 Å². The second-order valence-electron chi connectivity index (χ2n) is 5.75. The minimum atomic E-state index is -0.155. The predicted octanol–water partition coefficient (Wildman–Crippen LogP) is 2.65. The average molecular weight is 291 g/mol. The van der Waals surface area contributed by atoms with Gasteiger partial charge in [0.2, 0.25) is 0 Å². The summed E-state index contributed by atoms with van der Waals surface area (Å²) in [5.74, 6) is 6.77. The van der Waals surface area contributed by atoms with Crippen molar-refractivity contribution >= 4 is 17.2 Å². The van der Waals surface area contributed by atoms with Crippen molar-refractivity contribution in [2.75, 3.05) is 6.61 Å². The summed E-state index contributed by atoms with van der Waals surface area (Å²) in [7, 11) is 0. The quantitative estimate of drug-likeness (QED) is 0.823. The standard InChI is InChI=1S/C16H21NO2S/c1-11-6-12(2)8-14(7-11)17-16(19)13-9-15(20-10-13)4-3-5-18/h9-12,14,18H,5-8H2,1-2H3,(H,17,19). The first kappa shape index (κ1) is 15.1. The lowest BCUT2D eigenvalue weighted by Crippen LogP contribution is -2.39. The van der Waals surface area contributed by atoms with Gasteiger partial charge in [-0.1, -0.05) is 25.7 Å². The summed E-state index contributed by atoms with van der Waals surface area (Å²) in [6.07, 6.45) is 3.39. The highest BCUT2D eigenvalue weighted by Crippen LogP contribution is 2.28. The third kappa shape index (κ3) is 4.09. The van der Waals surface area contributed by atoms with Crippen LogP contribution >= 0.6 is 11.3 Å². The number of amides is 1. The molecular formula is C16H21NO2S. The highest BCUT2D eigenvalue weighted by Gasteiger charge is 2.25. The topological polar surface area (TPSA) is 49.3 Å². The molecule has 2 N–H and O–H groups in total. The lowest BCUT2D eigenvalue weighted by Gasteiger charge is -2.31. The van der Waals surface area contributed by atoms with Crippen LogP contribution in [0.3, 0.4) is 0 Å². The summed E-state index contributed by atoms with van der Waals surface area (Å²) in [5, 5.41) is 13.6. The second kappa shape index (κ2) is 6.92. The smallest absolute Gasteiger partial charge is 0.252 e. The van der Waals surface area contributed by atoms with Gasteiger partial charge in [0.15, 0.2) is 0 Å². The SMILES string of the molecule is CC1CC(C)CC(NC(=O)c2csc(C#CCO)c2)C1. The fourth-order valence-electron chi connectivity index (χ4n) is 2.98. The van der Waals surface area contributed by atoms with Gasteiger partial charge in [-0.2, -0.15) is 0 Å². The molecule has 1 amide bonds. The van der Waals surface area contributed by atoms with E-state index in [4.69, 9.17) is 5.11 Å². The fraction of sp³-hybridized carbons (Fsp3) is 0.562. The average Bonchev–Trinajstić information content (AvgIpc) is 2.83. The van der Waals surface area contributed by atoms with Gasteiger partial charge >= 0.3 is 0 Å². The Labute approximate surface area is 124 Å². The van der Waals surface area contributed by atoms with E-state index in [0.717, 1.165) is 17.7 Å². The van der Waals surface area contributed by atoms with Crippen molar-refractivity contribution in [3.63, 3.8) is 0 Å². The summed E-state index contributed by atoms with van der Waals surface area (Å²) < 4.78 is 0. The van der Waals surface area contributed by atoms with Gasteiger partial charge in [0.25, 0.3) is 5.91 Å². The van der Waals surface area contributed by atoms with E-state index in [0.29, 0.717) is 17.4 Å². The van der Waals surface area contributed by atoms with E-state index >= 15 is 0 Å². The molecule has 2 rings (SSSR count). The van der Waals surface area contributed by atoms with Crippen molar-refractivity contribution in [2.45, 2.75) is 39.2 Å². The predicted molar refractivity (Wildman–Crippen MR) is 81.7 cm³/mol. The Bertz CT molecular complexity index is 516. The molecule has 1 aromatic rings. The number of thiophene rings is 1. The van der Waals surface area contributed by atoms with Gasteiger partial charge in [-0.25, -0.2) is 0 Å². The first-order valence-electron chi connectivity index (χ1n) is 7.07. The molecule has 1 aliphatic rings. The molecule has 0 aliphatic heterocycles. The van der Waals surface area contributed by atoms with Crippen LogP contribution in [0.1, 0.15) is 48.3 Å². The van der Waals surface area contributed by atoms with Crippen molar-refractivity contribution in [1.29, 1.82) is 0 Å². The van der Waals surface area contributed by atoms with Gasteiger partial charge in [-0.05, 0) is 37.2 Å². The summed E-state index contributed by atoms with van der Waals surface area (Å²) in [6, 6.07) is 2.08. The van der Waals surface area contributed by atoms with E-state index in [1.165, 1.54) is 17.8 Å². The van der Waals surface area contributed by atoms with Crippen molar-refractivity contribution in [3.8, 4) is 11.8 Å². The maximum atomic E-state index is 12.2. The Balaban J connectivity index is 1.96. The Morgan fingerprint density at radius 1 is 1.40 bits per heavy atom. The van der Waals surface area contributed by atoms with E-state index in [1.54, 1.807) is 6.07 Å². The number of aliphatic hydroxyl groups is 1. The monoisotopic (exact) mass is 291 g/mol. The first-order chi connectivity index (χ1) is 9.58. The number of hydrogen-bond acceptors (Lipinski definition) is 3. The van der Waals surface area contributed by atoms with Gasteiger partial charge in [0, 0.05) is 11.4 Å². The van der Waals surface area contributed by atoms with Crippen molar-refractivity contribution in [2.24, 2.45) is 11.8 Å². The van der Waals surface area contributed by atoms with E-state index in [-0.39, 0.29) is 18.6 Å². The van der Waals surface area contributed by atoms with Gasteiger partial charge in [0.05, 0.1) is 10.4 Å². The molecule has 0 saturated heterocycles. The van der Waals surface area contributed by atoms with Crippen LogP contribution in [0.4, 0.5) is 0 Å². The molecule has 2 unspecified atom stereocenters. The Hall–Kier alpha value is -1.31. The zero-order chi connectivity index (χ0) is 14.5. The van der Waals surface area contributed by atoms with Crippen molar-refractivity contribution < 1.29 is 9.90 Å². The molecule has 3 nitrogen and oxygen atoms in total. The molecule has 108 valence electrons. The molecule has 1 aliphatic carbocycles. The molecule has 0 aromatic carbocycles. The molecule has 2 atom stereocenters. The first-order valence-corrected chi connectivity index (χ1v) is 7.95. The molecule has 1 saturated carbocycles. The Kier molecular flexibility index (Phi) is 5.22. The maximum Gasteiger partial charge on any atom is 0.252 e. The molecule has 1 fully saturated rings. The number of aliphatic hydroxyl groups excluding tert-OH is 1. The van der Waals surface area contributed by atoms with Crippen LogP contribution in [-0.2, 0) is 0 Å². The summed E-state index contributed by atoms with van der Waals surface area (Å²) >= 11 is 1.44. The maximum absolute atomic E-state index is 12.2. The van der Waals surface area contributed by atoms with Gasteiger partial charge in [-0.3, -0.25) is 4.79 Å². The van der Waals surface area contributed by atoms with E-state index in [2.05, 4.69) is 31.0 Å². The summed E-state index contributed by atoms with van der Waals surface area (Å²) in [5.41, 5.74) is 0.670. The largest absolute Gasteiger partial charge is 0.384 e. The minimum absolute atomic E-state index is 0.00963. The zero-order valence-corrected chi connectivity index (χ0v) is 12.8. The molecule has 1 aromatic heterocycles. The number of rotatable bonds is 2. The fourth-order valence-corrected chi connectivity index (χ4v) is 3.74. The Morgan fingerprint density at radius 3 is 2.75 bits per heavy atom. The van der Waals surface area contributed by atoms with Gasteiger partial charge < -0.3 is 10.4 Å². The molecule has 0 bridgehead atoms. The lowest BCUT2D eigenvalue weighted by molar-refractivity contribution is 0.0911. The number of carbonyl (C=O) groups is 1. The number of nitrogens with one attached hydrogen (secondary N) is 1. The van der Waals surface area contributed by atoms with E-state index < -0.39 is 0 Å². The van der Waals surface area contributed by atoms with Crippen molar-refractivity contribution in [1.82, 2.24) is 5.32 Å². The highest BCUT2D eigenvalue weighted by atomic mass is 32.1. The molecule has 0 spiro atoms. The molecule has 20 heavy (non-hydrogen) atoms. The van der Waals surface area contributed by atoms with Crippen LogP contribution in [-0.4, -0.2) is 23.7 Å². The molecule has 0 radical (unpaired) electrons. The minimum Gasteiger partial charge on any atom is -0.384 e. The van der Waals surface area contributed by atoms with Crippen LogP contribution in [0, 0.1) is 23.7 Å². The van der Waals surface area contributed by atoms with Crippen LogP contribution in [0.15, 0.2) is 11.4 Å².